The molecule has 0 aromatic carbocycles. The predicted molar refractivity (Wildman–Crippen MR) is 38.0 cm³/mol. The molecule has 1 saturated heterocycles. The van der Waals surface area contributed by atoms with Crippen LogP contribution in [0.25, 0.3) is 0 Å². The highest BCUT2D eigenvalue weighted by Gasteiger charge is 2.37. The summed E-state index contributed by atoms with van der Waals surface area (Å²) in [7, 11) is 0. The Morgan fingerprint density at radius 3 is 3.33 bits per heavy atom. The summed E-state index contributed by atoms with van der Waals surface area (Å²) in [5, 5.41) is 3.42. The average Bonchev–Trinajstić information content (AvgIpc) is 2.43. The molecule has 1 heterocycles. The van der Waals surface area contributed by atoms with E-state index < -0.39 is 0 Å². The van der Waals surface area contributed by atoms with Gasteiger partial charge >= 0.3 is 0 Å². The standard InChI is InChI=1S/C8H13N/c1-6-3-2-4-7-5-8(7)9-6/h7-9H,1-5H2. The Balaban J connectivity index is 1.99. The molecule has 2 atom stereocenters. The van der Waals surface area contributed by atoms with Crippen LogP contribution in [-0.4, -0.2) is 6.04 Å². The highest BCUT2D eigenvalue weighted by molar-refractivity contribution is 5.05. The molecule has 0 aromatic rings. The lowest BCUT2D eigenvalue weighted by atomic mass is 10.2. The van der Waals surface area contributed by atoms with E-state index in [1.807, 2.05) is 0 Å². The van der Waals surface area contributed by atoms with Crippen molar-refractivity contribution in [1.82, 2.24) is 5.32 Å². The van der Waals surface area contributed by atoms with Crippen molar-refractivity contribution in [2.45, 2.75) is 31.7 Å². The van der Waals surface area contributed by atoms with Crippen LogP contribution in [0.3, 0.4) is 0 Å². The summed E-state index contributed by atoms with van der Waals surface area (Å²) in [6, 6.07) is 0.819. The number of rotatable bonds is 0. The van der Waals surface area contributed by atoms with Crippen molar-refractivity contribution in [3.05, 3.63) is 12.3 Å². The molecule has 1 heteroatoms. The third-order valence-corrected chi connectivity index (χ3v) is 2.37. The lowest BCUT2D eigenvalue weighted by Gasteiger charge is -2.02. The van der Waals surface area contributed by atoms with Crippen LogP contribution >= 0.6 is 0 Å². The van der Waals surface area contributed by atoms with Gasteiger partial charge in [0.25, 0.3) is 0 Å². The van der Waals surface area contributed by atoms with Crippen molar-refractivity contribution < 1.29 is 0 Å². The molecule has 1 saturated carbocycles. The fourth-order valence-corrected chi connectivity index (χ4v) is 1.66. The topological polar surface area (TPSA) is 12.0 Å². The van der Waals surface area contributed by atoms with Gasteiger partial charge in [0, 0.05) is 11.7 Å². The van der Waals surface area contributed by atoms with Gasteiger partial charge in [0.15, 0.2) is 0 Å². The van der Waals surface area contributed by atoms with Gasteiger partial charge in [-0.2, -0.15) is 0 Å². The third kappa shape index (κ3) is 0.958. The molecule has 1 aliphatic carbocycles. The number of allylic oxidation sites excluding steroid dienone is 1. The summed E-state index contributed by atoms with van der Waals surface area (Å²) in [6.07, 6.45) is 5.38. The largest absolute Gasteiger partial charge is 0.386 e. The third-order valence-electron chi connectivity index (χ3n) is 2.37. The molecule has 2 aliphatic rings. The first-order valence-electron chi connectivity index (χ1n) is 3.80. The summed E-state index contributed by atoms with van der Waals surface area (Å²) in [5.41, 5.74) is 1.26. The summed E-state index contributed by atoms with van der Waals surface area (Å²) in [4.78, 5) is 0. The molecule has 2 rings (SSSR count). The smallest absolute Gasteiger partial charge is 0.0290 e. The Kier molecular flexibility index (Phi) is 1.04. The van der Waals surface area contributed by atoms with Crippen molar-refractivity contribution in [3.63, 3.8) is 0 Å². The summed E-state index contributed by atoms with van der Waals surface area (Å²) >= 11 is 0. The van der Waals surface area contributed by atoms with Gasteiger partial charge in [-0.05, 0) is 31.6 Å². The van der Waals surface area contributed by atoms with E-state index in [1.165, 1.54) is 31.4 Å². The van der Waals surface area contributed by atoms with Gasteiger partial charge in [0.1, 0.15) is 0 Å². The molecule has 1 N–H and O–H groups in total. The van der Waals surface area contributed by atoms with Crippen molar-refractivity contribution >= 4 is 0 Å². The van der Waals surface area contributed by atoms with E-state index >= 15 is 0 Å². The molecule has 50 valence electrons. The molecule has 9 heavy (non-hydrogen) atoms. The van der Waals surface area contributed by atoms with Gasteiger partial charge in [0.05, 0.1) is 0 Å². The number of hydrogen-bond acceptors (Lipinski definition) is 1. The van der Waals surface area contributed by atoms with E-state index in [-0.39, 0.29) is 0 Å². The van der Waals surface area contributed by atoms with Crippen LogP contribution < -0.4 is 5.32 Å². The molecule has 2 unspecified atom stereocenters. The monoisotopic (exact) mass is 123 g/mol. The zero-order valence-electron chi connectivity index (χ0n) is 5.69. The molecular weight excluding hydrogens is 110 g/mol. The van der Waals surface area contributed by atoms with Crippen LogP contribution in [0.2, 0.25) is 0 Å². The minimum atomic E-state index is 0.819. The van der Waals surface area contributed by atoms with Crippen LogP contribution in [0, 0.1) is 5.92 Å². The van der Waals surface area contributed by atoms with E-state index in [1.54, 1.807) is 0 Å². The van der Waals surface area contributed by atoms with Crippen LogP contribution in [0.5, 0.6) is 0 Å². The lowest BCUT2D eigenvalue weighted by Crippen LogP contribution is -2.14. The van der Waals surface area contributed by atoms with E-state index in [9.17, 15) is 0 Å². The number of nitrogens with one attached hydrogen (secondary N) is 1. The van der Waals surface area contributed by atoms with E-state index in [0.717, 1.165) is 12.0 Å². The van der Waals surface area contributed by atoms with Gasteiger partial charge in [-0.25, -0.2) is 0 Å². The molecule has 2 fully saturated rings. The minimum Gasteiger partial charge on any atom is -0.386 e. The average molecular weight is 123 g/mol. The fraction of sp³-hybridized carbons (Fsp3) is 0.750. The van der Waals surface area contributed by atoms with Crippen LogP contribution in [0.4, 0.5) is 0 Å². The first-order valence-corrected chi connectivity index (χ1v) is 3.80. The first kappa shape index (κ1) is 5.33. The second-order valence-electron chi connectivity index (χ2n) is 3.24. The molecular formula is C8H13N. The number of hydrogen-bond donors (Lipinski definition) is 1. The Morgan fingerprint density at radius 2 is 2.44 bits per heavy atom. The molecule has 0 bridgehead atoms. The summed E-state index contributed by atoms with van der Waals surface area (Å²) in [6.45, 7) is 3.94. The van der Waals surface area contributed by atoms with E-state index in [2.05, 4.69) is 11.9 Å². The van der Waals surface area contributed by atoms with Crippen molar-refractivity contribution in [2.24, 2.45) is 5.92 Å². The Labute approximate surface area is 56.1 Å². The molecule has 0 amide bonds. The Morgan fingerprint density at radius 1 is 1.56 bits per heavy atom. The second kappa shape index (κ2) is 1.76. The maximum atomic E-state index is 3.94. The SMILES string of the molecule is C=C1CCCC2CC2N1. The van der Waals surface area contributed by atoms with E-state index in [4.69, 9.17) is 0 Å². The van der Waals surface area contributed by atoms with Crippen molar-refractivity contribution in [3.8, 4) is 0 Å². The second-order valence-corrected chi connectivity index (χ2v) is 3.24. The summed E-state index contributed by atoms with van der Waals surface area (Å²) < 4.78 is 0. The van der Waals surface area contributed by atoms with Crippen LogP contribution in [0.1, 0.15) is 25.7 Å². The molecule has 1 aliphatic heterocycles. The fourth-order valence-electron chi connectivity index (χ4n) is 1.66. The quantitative estimate of drug-likeness (QED) is 0.516. The predicted octanol–water partition coefficient (Wildman–Crippen LogP) is 1.66. The lowest BCUT2D eigenvalue weighted by molar-refractivity contribution is 0.678. The van der Waals surface area contributed by atoms with Gasteiger partial charge in [-0.1, -0.05) is 6.58 Å². The van der Waals surface area contributed by atoms with E-state index in [0.29, 0.717) is 0 Å². The zero-order valence-corrected chi connectivity index (χ0v) is 5.69. The molecule has 0 radical (unpaired) electrons. The zero-order chi connectivity index (χ0) is 6.27. The van der Waals surface area contributed by atoms with Crippen LogP contribution in [-0.2, 0) is 0 Å². The number of fused-ring (bicyclic) bond motifs is 1. The van der Waals surface area contributed by atoms with Crippen LogP contribution in [0.15, 0.2) is 12.3 Å². The maximum absolute atomic E-state index is 3.94. The van der Waals surface area contributed by atoms with Gasteiger partial charge in [-0.15, -0.1) is 0 Å². The van der Waals surface area contributed by atoms with Gasteiger partial charge in [-0.3, -0.25) is 0 Å². The highest BCUT2D eigenvalue weighted by Crippen LogP contribution is 2.38. The van der Waals surface area contributed by atoms with Crippen molar-refractivity contribution in [1.29, 1.82) is 0 Å². The highest BCUT2D eigenvalue weighted by atomic mass is 15.0. The normalized spacial score (nSPS) is 40.7. The molecule has 1 nitrogen and oxygen atoms in total. The van der Waals surface area contributed by atoms with Gasteiger partial charge < -0.3 is 5.32 Å². The summed E-state index contributed by atoms with van der Waals surface area (Å²) in [5.74, 6) is 1.00. The molecule has 0 aromatic heterocycles. The minimum absolute atomic E-state index is 0.819. The van der Waals surface area contributed by atoms with Crippen molar-refractivity contribution in [2.75, 3.05) is 0 Å². The Hall–Kier alpha value is -0.460. The molecule has 0 spiro atoms. The first-order chi connectivity index (χ1) is 4.36. The van der Waals surface area contributed by atoms with Gasteiger partial charge in [0.2, 0.25) is 0 Å². The maximum Gasteiger partial charge on any atom is 0.0290 e. The Bertz CT molecular complexity index is 140.